The van der Waals surface area contributed by atoms with Crippen LogP contribution in [0.4, 0.5) is 0 Å². The molecule has 6 heteroatoms. The summed E-state index contributed by atoms with van der Waals surface area (Å²) < 4.78 is 0. The lowest BCUT2D eigenvalue weighted by Gasteiger charge is -2.21. The highest BCUT2D eigenvalue weighted by atomic mass is 16.3. The van der Waals surface area contributed by atoms with E-state index in [0.29, 0.717) is 13.2 Å². The van der Waals surface area contributed by atoms with E-state index >= 15 is 0 Å². The van der Waals surface area contributed by atoms with Gasteiger partial charge in [-0.2, -0.15) is 0 Å². The van der Waals surface area contributed by atoms with Crippen molar-refractivity contribution in [1.82, 2.24) is 10.6 Å². The van der Waals surface area contributed by atoms with Crippen LogP contribution in [0.2, 0.25) is 0 Å². The molecule has 0 bridgehead atoms. The molecule has 6 nitrogen and oxygen atoms in total. The lowest BCUT2D eigenvalue weighted by Crippen LogP contribution is -2.47. The number of nitrogens with one attached hydrogen (secondary N) is 2. The number of aliphatic hydroxyl groups excluding tert-OH is 2. The van der Waals surface area contributed by atoms with Gasteiger partial charge >= 0.3 is 0 Å². The molecular formula is C41H76N2O4. The second-order valence-electron chi connectivity index (χ2n) is 14.2. The minimum atomic E-state index is -0.0367. The first-order chi connectivity index (χ1) is 23.2. The fraction of sp³-hybridized carbons (Fsp3) is 0.854. The van der Waals surface area contributed by atoms with Crippen LogP contribution in [0.3, 0.4) is 0 Å². The van der Waals surface area contributed by atoms with E-state index in [1.807, 2.05) is 12.2 Å². The Kier molecular flexibility index (Phi) is 31.6. The lowest BCUT2D eigenvalue weighted by atomic mass is 10.0. The predicted octanol–water partition coefficient (Wildman–Crippen LogP) is 10.2. The zero-order valence-electron chi connectivity index (χ0n) is 30.5. The fourth-order valence-corrected chi connectivity index (χ4v) is 6.79. The number of rotatable bonds is 34. The number of carbonyl (C=O) groups excluding carboxylic acids is 2. The highest BCUT2D eigenvalue weighted by Crippen LogP contribution is 2.20. The molecule has 0 heterocycles. The highest BCUT2D eigenvalue weighted by molar-refractivity contribution is 5.89. The van der Waals surface area contributed by atoms with Crippen molar-refractivity contribution < 1.29 is 19.8 Å². The van der Waals surface area contributed by atoms with Crippen molar-refractivity contribution in [2.45, 2.75) is 211 Å². The normalized spacial score (nSPS) is 16.5. The van der Waals surface area contributed by atoms with Crippen LogP contribution in [-0.2, 0) is 9.59 Å². The summed E-state index contributed by atoms with van der Waals surface area (Å²) in [6, 6.07) is 0.0419. The molecule has 1 fully saturated rings. The summed E-state index contributed by atoms with van der Waals surface area (Å²) in [5.41, 5.74) is 0. The Balaban J connectivity index is 1.96. The van der Waals surface area contributed by atoms with Gasteiger partial charge in [0.2, 0.25) is 11.8 Å². The Labute approximate surface area is 290 Å². The molecule has 274 valence electrons. The monoisotopic (exact) mass is 661 g/mol. The zero-order chi connectivity index (χ0) is 33.9. The number of allylic oxidation sites excluding steroid dienone is 2. The van der Waals surface area contributed by atoms with Crippen molar-refractivity contribution in [3.63, 3.8) is 0 Å². The Bertz CT molecular complexity index is 707. The fourth-order valence-electron chi connectivity index (χ4n) is 6.79. The Hall–Kier alpha value is -1.66. The van der Waals surface area contributed by atoms with E-state index in [0.717, 1.165) is 57.8 Å². The first-order valence-electron chi connectivity index (χ1n) is 20.3. The first kappa shape index (κ1) is 43.4. The molecule has 0 saturated heterocycles. The van der Waals surface area contributed by atoms with E-state index in [1.165, 1.54) is 141 Å². The Morgan fingerprint density at radius 3 is 0.957 bits per heavy atom. The lowest BCUT2D eigenvalue weighted by molar-refractivity contribution is -0.119. The van der Waals surface area contributed by atoms with E-state index in [9.17, 15) is 9.59 Å². The summed E-state index contributed by atoms with van der Waals surface area (Å²) in [7, 11) is 0. The molecule has 1 saturated carbocycles. The van der Waals surface area contributed by atoms with Gasteiger partial charge in [-0.15, -0.1) is 0 Å². The van der Waals surface area contributed by atoms with Gasteiger partial charge in [-0.05, 0) is 69.9 Å². The van der Waals surface area contributed by atoms with Gasteiger partial charge in [-0.3, -0.25) is 9.59 Å². The molecule has 1 aliphatic carbocycles. The number of hydrogen-bond acceptors (Lipinski definition) is 4. The third-order valence-corrected chi connectivity index (χ3v) is 9.77. The molecule has 2 atom stereocenters. The number of hydrogen-bond donors (Lipinski definition) is 4. The van der Waals surface area contributed by atoms with Gasteiger partial charge in [0, 0.05) is 25.3 Å². The molecule has 0 spiro atoms. The second-order valence-corrected chi connectivity index (χ2v) is 14.2. The van der Waals surface area contributed by atoms with E-state index < -0.39 is 0 Å². The van der Waals surface area contributed by atoms with Crippen LogP contribution < -0.4 is 10.6 Å². The van der Waals surface area contributed by atoms with Crippen molar-refractivity contribution in [2.75, 3.05) is 13.2 Å². The summed E-state index contributed by atoms with van der Waals surface area (Å²) in [6.07, 6.45) is 45.0. The number of amides is 2. The quantitative estimate of drug-likeness (QED) is 0.0408. The maximum atomic E-state index is 12.5. The average Bonchev–Trinajstić information content (AvgIpc) is 3.49. The second kappa shape index (κ2) is 34.2. The number of unbranched alkanes of at least 4 members (excludes halogenated alkanes) is 26. The summed E-state index contributed by atoms with van der Waals surface area (Å²) in [5.74, 6) is -0.0733. The van der Waals surface area contributed by atoms with Crippen LogP contribution in [0.5, 0.6) is 0 Å². The minimum Gasteiger partial charge on any atom is -0.396 e. The van der Waals surface area contributed by atoms with Crippen molar-refractivity contribution in [3.05, 3.63) is 24.3 Å². The minimum absolute atomic E-state index is 0.0210. The maximum absolute atomic E-state index is 12.5. The van der Waals surface area contributed by atoms with Gasteiger partial charge in [0.1, 0.15) is 0 Å². The van der Waals surface area contributed by atoms with Gasteiger partial charge in [-0.1, -0.05) is 153 Å². The molecule has 0 aromatic carbocycles. The summed E-state index contributed by atoms with van der Waals surface area (Å²) in [6.45, 7) is 0.675. The van der Waals surface area contributed by atoms with Crippen LogP contribution >= 0.6 is 0 Å². The van der Waals surface area contributed by atoms with Crippen LogP contribution in [-0.4, -0.2) is 47.3 Å². The topological polar surface area (TPSA) is 98.7 Å². The van der Waals surface area contributed by atoms with Crippen molar-refractivity contribution in [1.29, 1.82) is 0 Å². The van der Waals surface area contributed by atoms with Crippen LogP contribution in [0.25, 0.3) is 0 Å². The first-order valence-corrected chi connectivity index (χ1v) is 20.3. The summed E-state index contributed by atoms with van der Waals surface area (Å²) in [4.78, 5) is 24.9. The van der Waals surface area contributed by atoms with E-state index in [2.05, 4.69) is 10.6 Å². The van der Waals surface area contributed by atoms with E-state index in [4.69, 9.17) is 10.2 Å². The van der Waals surface area contributed by atoms with Crippen LogP contribution in [0.1, 0.15) is 199 Å². The molecule has 1 rings (SSSR count). The number of carbonyl (C=O) groups is 2. The molecule has 0 aromatic heterocycles. The number of aliphatic hydroxyl groups is 2. The average molecular weight is 661 g/mol. The summed E-state index contributed by atoms with van der Waals surface area (Å²) in [5, 5.41) is 23.9. The van der Waals surface area contributed by atoms with Gasteiger partial charge < -0.3 is 20.8 Å². The van der Waals surface area contributed by atoms with Gasteiger partial charge in [-0.25, -0.2) is 0 Å². The van der Waals surface area contributed by atoms with Crippen LogP contribution in [0, 0.1) is 0 Å². The van der Waals surface area contributed by atoms with Crippen LogP contribution in [0.15, 0.2) is 24.3 Å². The standard InChI is InChI=1S/C41H76N2O4/c44-36-29-25-21-17-13-9-5-1-3-7-11-15-19-23-27-34-40(46)42-38-32-31-33-39(38)43-41(47)35-28-24-20-16-12-8-4-2-6-10-14-18-22-26-30-37-45/h27-28,34-35,38-39,44-45H,1-26,29-33,36-37H2,(H,42,46)(H,43,47)/t38-,39+. The molecule has 4 N–H and O–H groups in total. The van der Waals surface area contributed by atoms with Crippen molar-refractivity contribution in [2.24, 2.45) is 0 Å². The third kappa shape index (κ3) is 29.0. The van der Waals surface area contributed by atoms with Gasteiger partial charge in [0.25, 0.3) is 0 Å². The van der Waals surface area contributed by atoms with E-state index in [1.54, 1.807) is 12.2 Å². The van der Waals surface area contributed by atoms with E-state index in [-0.39, 0.29) is 23.9 Å². The van der Waals surface area contributed by atoms with Crippen molar-refractivity contribution in [3.8, 4) is 0 Å². The molecule has 0 unspecified atom stereocenters. The Morgan fingerprint density at radius 2 is 0.681 bits per heavy atom. The predicted molar refractivity (Wildman–Crippen MR) is 199 cm³/mol. The molecule has 0 aliphatic heterocycles. The molecule has 47 heavy (non-hydrogen) atoms. The molecule has 0 radical (unpaired) electrons. The largest absolute Gasteiger partial charge is 0.396 e. The third-order valence-electron chi connectivity index (χ3n) is 9.77. The molecular weight excluding hydrogens is 584 g/mol. The Morgan fingerprint density at radius 1 is 0.426 bits per heavy atom. The van der Waals surface area contributed by atoms with Gasteiger partial charge in [0.05, 0.1) is 0 Å². The summed E-state index contributed by atoms with van der Waals surface area (Å²) >= 11 is 0. The van der Waals surface area contributed by atoms with Gasteiger partial charge in [0.15, 0.2) is 0 Å². The maximum Gasteiger partial charge on any atom is 0.243 e. The highest BCUT2D eigenvalue weighted by Gasteiger charge is 2.28. The molecule has 2 amide bonds. The van der Waals surface area contributed by atoms with Crippen molar-refractivity contribution >= 4 is 11.8 Å². The molecule has 1 aliphatic rings. The SMILES string of the molecule is O=C(C=CCCCCCCCCCCCCCCCO)N[C@H]1CCC[C@H]1NC(=O)C=CCCCCCCCCCCCCCCCO. The zero-order valence-corrected chi connectivity index (χ0v) is 30.5. The molecule has 0 aromatic rings. The smallest absolute Gasteiger partial charge is 0.243 e.